The van der Waals surface area contributed by atoms with Crippen LogP contribution in [0.3, 0.4) is 0 Å². The van der Waals surface area contributed by atoms with Crippen LogP contribution in [0.5, 0.6) is 0 Å². The lowest BCUT2D eigenvalue weighted by molar-refractivity contribution is -0.124. The first-order valence-electron chi connectivity index (χ1n) is 12.7. The van der Waals surface area contributed by atoms with E-state index in [9.17, 15) is 9.59 Å². The van der Waals surface area contributed by atoms with Gasteiger partial charge < -0.3 is 24.0 Å². The first kappa shape index (κ1) is 23.2. The Morgan fingerprint density at radius 3 is 2.39 bits per heavy atom. The van der Waals surface area contributed by atoms with Crippen molar-refractivity contribution in [2.75, 3.05) is 64.2 Å². The molecule has 4 bridgehead atoms. The first-order valence-corrected chi connectivity index (χ1v) is 12.7. The normalized spacial score (nSPS) is 28.7. The average molecular weight is 490 g/mol. The molecule has 0 radical (unpaired) electrons. The largest absolute Gasteiger partial charge is 0.377 e. The molecule has 8 nitrogen and oxygen atoms in total. The summed E-state index contributed by atoms with van der Waals surface area (Å²) >= 11 is 0. The Kier molecular flexibility index (Phi) is 6.48. The van der Waals surface area contributed by atoms with Gasteiger partial charge in [-0.05, 0) is 17.2 Å². The lowest BCUT2D eigenvalue weighted by atomic mass is 9.82. The standard InChI is InChI=1S/C28H31N3O5/c32-27-25-21-17-30(23-7-3-1-5-19(21)23)9-11-34-13-15-36-16-14-35-12-10-31-18-22(26(25)28(33)29-27)20-6-2-4-8-24(20)31/h1-8,17,19,22-23H,9-16,18H2,(H,29,32,33). The smallest absolute Gasteiger partial charge is 0.258 e. The molecule has 1 aromatic carbocycles. The lowest BCUT2D eigenvalue weighted by Crippen LogP contribution is -2.33. The van der Waals surface area contributed by atoms with E-state index < -0.39 is 0 Å². The summed E-state index contributed by atoms with van der Waals surface area (Å²) in [6, 6.07) is 8.26. The lowest BCUT2D eigenvalue weighted by Gasteiger charge is -2.28. The van der Waals surface area contributed by atoms with Crippen molar-refractivity contribution in [2.45, 2.75) is 12.0 Å². The number of nitrogens with one attached hydrogen (secondary N) is 1. The van der Waals surface area contributed by atoms with Crippen molar-refractivity contribution in [3.8, 4) is 0 Å². The Morgan fingerprint density at radius 2 is 1.56 bits per heavy atom. The molecular formula is C28H31N3O5. The quantitative estimate of drug-likeness (QED) is 0.558. The second kappa shape index (κ2) is 10.0. The number of hydrogen-bond donors (Lipinski definition) is 1. The predicted molar refractivity (Wildman–Crippen MR) is 134 cm³/mol. The third-order valence-electron chi connectivity index (χ3n) is 7.56. The van der Waals surface area contributed by atoms with E-state index >= 15 is 0 Å². The maximum atomic E-state index is 13.3. The van der Waals surface area contributed by atoms with Crippen molar-refractivity contribution in [3.63, 3.8) is 0 Å². The number of benzene rings is 1. The molecule has 4 aliphatic heterocycles. The van der Waals surface area contributed by atoms with Crippen LogP contribution in [0.15, 0.2) is 71.5 Å². The molecule has 188 valence electrons. The van der Waals surface area contributed by atoms with Crippen molar-refractivity contribution in [2.24, 2.45) is 5.92 Å². The number of carbonyl (C=O) groups is 2. The summed E-state index contributed by atoms with van der Waals surface area (Å²) in [6.45, 7) is 5.22. The molecule has 0 saturated heterocycles. The highest BCUT2D eigenvalue weighted by atomic mass is 16.5. The highest BCUT2D eigenvalue weighted by Gasteiger charge is 2.45. The van der Waals surface area contributed by atoms with Crippen molar-refractivity contribution in [3.05, 3.63) is 77.1 Å². The molecule has 0 fully saturated rings. The molecule has 3 unspecified atom stereocenters. The maximum absolute atomic E-state index is 13.3. The highest BCUT2D eigenvalue weighted by molar-refractivity contribution is 6.22. The van der Waals surface area contributed by atoms with E-state index in [-0.39, 0.29) is 29.7 Å². The Morgan fingerprint density at radius 1 is 0.833 bits per heavy atom. The van der Waals surface area contributed by atoms with Crippen LogP contribution in [-0.4, -0.2) is 82.0 Å². The number of amides is 2. The SMILES string of the molecule is O=C1NC(=O)C2=C1C1=CN(CCOCCOCCOCCN3CC2c2ccccc23)C2C=CC=CC12. The average Bonchev–Trinajstić information content (AvgIpc) is 3.52. The molecule has 1 aliphatic carbocycles. The van der Waals surface area contributed by atoms with E-state index in [1.165, 1.54) is 0 Å². The number of hydrogen-bond acceptors (Lipinski definition) is 7. The van der Waals surface area contributed by atoms with Crippen LogP contribution in [0.2, 0.25) is 0 Å². The zero-order chi connectivity index (χ0) is 24.5. The minimum Gasteiger partial charge on any atom is -0.377 e. The molecule has 1 aromatic rings. The first-order chi connectivity index (χ1) is 17.7. The van der Waals surface area contributed by atoms with Crippen molar-refractivity contribution < 1.29 is 23.8 Å². The third-order valence-corrected chi connectivity index (χ3v) is 7.56. The molecule has 0 spiro atoms. The van der Waals surface area contributed by atoms with Gasteiger partial charge in [0.2, 0.25) is 0 Å². The molecule has 36 heavy (non-hydrogen) atoms. The van der Waals surface area contributed by atoms with Gasteiger partial charge in [-0.2, -0.15) is 0 Å². The van der Waals surface area contributed by atoms with Crippen molar-refractivity contribution in [1.29, 1.82) is 0 Å². The van der Waals surface area contributed by atoms with E-state index in [2.05, 4.69) is 45.6 Å². The zero-order valence-electron chi connectivity index (χ0n) is 20.2. The van der Waals surface area contributed by atoms with Gasteiger partial charge in [0.25, 0.3) is 11.8 Å². The number of ether oxygens (including phenoxy) is 3. The van der Waals surface area contributed by atoms with E-state index in [1.54, 1.807) is 0 Å². The zero-order valence-corrected chi connectivity index (χ0v) is 20.2. The minimum atomic E-state index is -0.302. The van der Waals surface area contributed by atoms with Crippen LogP contribution in [0.1, 0.15) is 11.5 Å². The molecule has 3 atom stereocenters. The summed E-state index contributed by atoms with van der Waals surface area (Å²) in [5, 5.41) is 2.61. The number of anilines is 1. The van der Waals surface area contributed by atoms with Crippen LogP contribution in [0, 0.1) is 5.92 Å². The van der Waals surface area contributed by atoms with Crippen LogP contribution >= 0.6 is 0 Å². The molecule has 2 amide bonds. The number of carbonyl (C=O) groups excluding carboxylic acids is 2. The summed E-state index contributed by atoms with van der Waals surface area (Å²) < 4.78 is 17.2. The summed E-state index contributed by atoms with van der Waals surface area (Å²) in [7, 11) is 0. The van der Waals surface area contributed by atoms with Gasteiger partial charge in [0.15, 0.2) is 0 Å². The molecule has 0 saturated carbocycles. The Hall–Kier alpha value is -3.20. The predicted octanol–water partition coefficient (Wildman–Crippen LogP) is 1.92. The number of allylic oxidation sites excluding steroid dienone is 2. The molecule has 1 N–H and O–H groups in total. The fourth-order valence-corrected chi connectivity index (χ4v) is 5.92. The molecular weight excluding hydrogens is 458 g/mol. The van der Waals surface area contributed by atoms with Gasteiger partial charge in [0.05, 0.1) is 51.3 Å². The Balaban J connectivity index is 1.41. The van der Waals surface area contributed by atoms with Crippen LogP contribution in [0.25, 0.3) is 0 Å². The second-order valence-corrected chi connectivity index (χ2v) is 9.57. The number of rotatable bonds is 0. The summed E-state index contributed by atoms with van der Waals surface area (Å²) in [5.41, 5.74) is 4.18. The molecule has 8 heteroatoms. The van der Waals surface area contributed by atoms with Crippen molar-refractivity contribution >= 4 is 17.5 Å². The molecule has 4 heterocycles. The fourth-order valence-electron chi connectivity index (χ4n) is 5.92. The summed E-state index contributed by atoms with van der Waals surface area (Å²) in [6.07, 6.45) is 10.4. The summed E-state index contributed by atoms with van der Waals surface area (Å²) in [4.78, 5) is 31.0. The van der Waals surface area contributed by atoms with Gasteiger partial charge >= 0.3 is 0 Å². The van der Waals surface area contributed by atoms with E-state index in [0.29, 0.717) is 70.4 Å². The second-order valence-electron chi connectivity index (χ2n) is 9.57. The highest BCUT2D eigenvalue weighted by Crippen LogP contribution is 2.46. The van der Waals surface area contributed by atoms with E-state index in [0.717, 1.165) is 16.8 Å². The van der Waals surface area contributed by atoms with E-state index in [4.69, 9.17) is 14.2 Å². The van der Waals surface area contributed by atoms with E-state index in [1.807, 2.05) is 24.3 Å². The monoisotopic (exact) mass is 489 g/mol. The molecule has 0 aromatic heterocycles. The topological polar surface area (TPSA) is 80.3 Å². The van der Waals surface area contributed by atoms with Gasteiger partial charge in [-0.3, -0.25) is 14.9 Å². The fraction of sp³-hybridized carbons (Fsp3) is 0.429. The molecule has 6 rings (SSSR count). The van der Waals surface area contributed by atoms with Gasteiger partial charge in [-0.15, -0.1) is 0 Å². The molecule has 5 aliphatic rings. The number of imide groups is 1. The third kappa shape index (κ3) is 4.19. The van der Waals surface area contributed by atoms with Crippen LogP contribution in [-0.2, 0) is 23.8 Å². The van der Waals surface area contributed by atoms with Crippen LogP contribution in [0.4, 0.5) is 5.69 Å². The number of fused-ring (bicyclic) bond motifs is 11. The van der Waals surface area contributed by atoms with Gasteiger partial charge in [-0.25, -0.2) is 0 Å². The number of para-hydroxylation sites is 1. The Bertz CT molecular complexity index is 1170. The van der Waals surface area contributed by atoms with Crippen LogP contribution < -0.4 is 10.2 Å². The minimum absolute atomic E-state index is 0.00623. The summed E-state index contributed by atoms with van der Waals surface area (Å²) in [5.74, 6) is -0.770. The van der Waals surface area contributed by atoms with Gasteiger partial charge in [-0.1, -0.05) is 42.5 Å². The maximum Gasteiger partial charge on any atom is 0.258 e. The Labute approximate surface area is 210 Å². The number of nitrogens with zero attached hydrogens (tertiary/aromatic N) is 2. The van der Waals surface area contributed by atoms with Crippen molar-refractivity contribution in [1.82, 2.24) is 10.2 Å². The van der Waals surface area contributed by atoms with Gasteiger partial charge in [0.1, 0.15) is 0 Å². The van der Waals surface area contributed by atoms with Gasteiger partial charge in [0, 0.05) is 48.9 Å².